The van der Waals surface area contributed by atoms with Gasteiger partial charge >= 0.3 is 0 Å². The SMILES string of the molecule is Cc1ccc(-n2[nH]c(C)c(C=NO)c2=O)cc1. The molecule has 5 heteroatoms. The van der Waals surface area contributed by atoms with E-state index in [0.29, 0.717) is 11.3 Å². The Hall–Kier alpha value is -2.30. The van der Waals surface area contributed by atoms with Crippen LogP contribution in [-0.2, 0) is 0 Å². The lowest BCUT2D eigenvalue weighted by Crippen LogP contribution is -2.17. The van der Waals surface area contributed by atoms with Crippen LogP contribution in [0.4, 0.5) is 0 Å². The molecule has 0 radical (unpaired) electrons. The maximum atomic E-state index is 12.0. The molecule has 0 saturated carbocycles. The Bertz CT molecular complexity index is 606. The topological polar surface area (TPSA) is 70.4 Å². The summed E-state index contributed by atoms with van der Waals surface area (Å²) in [7, 11) is 0. The predicted octanol–water partition coefficient (Wildman–Crippen LogP) is 1.59. The van der Waals surface area contributed by atoms with E-state index in [-0.39, 0.29) is 5.56 Å². The quantitative estimate of drug-likeness (QED) is 0.468. The summed E-state index contributed by atoms with van der Waals surface area (Å²) in [5, 5.41) is 14.3. The van der Waals surface area contributed by atoms with Crippen molar-refractivity contribution < 1.29 is 5.21 Å². The van der Waals surface area contributed by atoms with E-state index in [1.165, 1.54) is 4.68 Å². The van der Waals surface area contributed by atoms with E-state index in [4.69, 9.17) is 5.21 Å². The van der Waals surface area contributed by atoms with Crippen molar-refractivity contribution in [3.8, 4) is 5.69 Å². The minimum Gasteiger partial charge on any atom is -0.411 e. The molecule has 0 aliphatic rings. The monoisotopic (exact) mass is 231 g/mol. The van der Waals surface area contributed by atoms with E-state index >= 15 is 0 Å². The zero-order valence-corrected chi connectivity index (χ0v) is 9.64. The average molecular weight is 231 g/mol. The van der Waals surface area contributed by atoms with Gasteiger partial charge in [-0.25, -0.2) is 4.68 Å². The zero-order chi connectivity index (χ0) is 12.4. The first-order valence-corrected chi connectivity index (χ1v) is 5.19. The van der Waals surface area contributed by atoms with Crippen LogP contribution in [0.3, 0.4) is 0 Å². The summed E-state index contributed by atoms with van der Waals surface area (Å²) >= 11 is 0. The minimum atomic E-state index is -0.232. The van der Waals surface area contributed by atoms with Crippen molar-refractivity contribution in [2.45, 2.75) is 13.8 Å². The number of nitrogens with one attached hydrogen (secondary N) is 1. The van der Waals surface area contributed by atoms with Gasteiger partial charge in [0.1, 0.15) is 0 Å². The van der Waals surface area contributed by atoms with E-state index in [9.17, 15) is 4.79 Å². The van der Waals surface area contributed by atoms with Crippen molar-refractivity contribution in [2.24, 2.45) is 5.16 Å². The molecule has 0 amide bonds. The highest BCUT2D eigenvalue weighted by molar-refractivity contribution is 5.80. The molecule has 88 valence electrons. The number of nitrogens with zero attached hydrogens (tertiary/aromatic N) is 2. The average Bonchev–Trinajstić information content (AvgIpc) is 2.59. The molecule has 0 atom stereocenters. The molecule has 1 aromatic carbocycles. The highest BCUT2D eigenvalue weighted by Crippen LogP contribution is 2.07. The molecule has 2 rings (SSSR count). The predicted molar refractivity (Wildman–Crippen MR) is 65.2 cm³/mol. The Kier molecular flexibility index (Phi) is 2.82. The number of hydrogen-bond acceptors (Lipinski definition) is 3. The number of hydrogen-bond donors (Lipinski definition) is 2. The molecule has 0 spiro atoms. The molecular weight excluding hydrogens is 218 g/mol. The van der Waals surface area contributed by atoms with E-state index in [2.05, 4.69) is 10.3 Å². The maximum absolute atomic E-state index is 12.0. The van der Waals surface area contributed by atoms with Crippen LogP contribution < -0.4 is 5.56 Å². The maximum Gasteiger partial charge on any atom is 0.280 e. The van der Waals surface area contributed by atoms with Gasteiger partial charge in [-0.2, -0.15) is 0 Å². The van der Waals surface area contributed by atoms with Crippen LogP contribution in [0.1, 0.15) is 16.8 Å². The minimum absolute atomic E-state index is 0.232. The molecule has 17 heavy (non-hydrogen) atoms. The van der Waals surface area contributed by atoms with Gasteiger partial charge in [0, 0.05) is 5.69 Å². The highest BCUT2D eigenvalue weighted by atomic mass is 16.4. The highest BCUT2D eigenvalue weighted by Gasteiger charge is 2.10. The van der Waals surface area contributed by atoms with Crippen molar-refractivity contribution in [1.29, 1.82) is 0 Å². The van der Waals surface area contributed by atoms with E-state index in [0.717, 1.165) is 17.5 Å². The first-order valence-electron chi connectivity index (χ1n) is 5.19. The number of aromatic nitrogens is 2. The fourth-order valence-electron chi connectivity index (χ4n) is 1.64. The second kappa shape index (κ2) is 4.29. The van der Waals surface area contributed by atoms with Crippen molar-refractivity contribution in [1.82, 2.24) is 9.78 Å². The van der Waals surface area contributed by atoms with Crippen LogP contribution in [-0.4, -0.2) is 21.2 Å². The van der Waals surface area contributed by atoms with Crippen molar-refractivity contribution in [3.63, 3.8) is 0 Å². The van der Waals surface area contributed by atoms with Crippen LogP contribution >= 0.6 is 0 Å². The molecule has 0 unspecified atom stereocenters. The lowest BCUT2D eigenvalue weighted by Gasteiger charge is -2.01. The Morgan fingerprint density at radius 2 is 1.94 bits per heavy atom. The molecule has 2 aromatic rings. The Balaban J connectivity index is 2.57. The van der Waals surface area contributed by atoms with Crippen LogP contribution in [0.25, 0.3) is 5.69 Å². The molecule has 2 N–H and O–H groups in total. The summed E-state index contributed by atoms with van der Waals surface area (Å²) in [4.78, 5) is 12.0. The molecule has 0 bridgehead atoms. The Labute approximate surface area is 98.0 Å². The molecule has 5 nitrogen and oxygen atoms in total. The molecule has 1 aromatic heterocycles. The summed E-state index contributed by atoms with van der Waals surface area (Å²) in [5.41, 5.74) is 2.66. The molecule has 0 aliphatic carbocycles. The first kappa shape index (κ1) is 11.2. The van der Waals surface area contributed by atoms with Gasteiger partial charge in [-0.05, 0) is 26.0 Å². The van der Waals surface area contributed by atoms with Crippen molar-refractivity contribution in [2.75, 3.05) is 0 Å². The molecule has 1 heterocycles. The summed E-state index contributed by atoms with van der Waals surface area (Å²) in [5.74, 6) is 0. The van der Waals surface area contributed by atoms with Crippen LogP contribution in [0, 0.1) is 13.8 Å². The fraction of sp³-hybridized carbons (Fsp3) is 0.167. The smallest absolute Gasteiger partial charge is 0.280 e. The van der Waals surface area contributed by atoms with E-state index in [1.807, 2.05) is 31.2 Å². The first-order chi connectivity index (χ1) is 8.13. The van der Waals surface area contributed by atoms with Crippen LogP contribution in [0.15, 0.2) is 34.2 Å². The Morgan fingerprint density at radius 1 is 1.29 bits per heavy atom. The lowest BCUT2D eigenvalue weighted by molar-refractivity contribution is 0.322. The molecular formula is C12H13N3O2. The zero-order valence-electron chi connectivity index (χ0n) is 9.64. The fourth-order valence-corrected chi connectivity index (χ4v) is 1.64. The standard InChI is InChI=1S/C12H13N3O2/c1-8-3-5-10(6-4-8)15-12(16)11(7-13-17)9(2)14-15/h3-7,14,17H,1-2H3. The van der Waals surface area contributed by atoms with E-state index < -0.39 is 0 Å². The van der Waals surface area contributed by atoms with Crippen molar-refractivity contribution >= 4 is 6.21 Å². The van der Waals surface area contributed by atoms with Gasteiger partial charge < -0.3 is 5.21 Å². The third kappa shape index (κ3) is 1.99. The van der Waals surface area contributed by atoms with Crippen molar-refractivity contribution in [3.05, 3.63) is 51.4 Å². The van der Waals surface area contributed by atoms with Gasteiger partial charge in [-0.3, -0.25) is 9.89 Å². The van der Waals surface area contributed by atoms with Gasteiger partial charge in [0.15, 0.2) is 0 Å². The number of rotatable bonds is 2. The number of oxime groups is 1. The number of H-pyrrole nitrogens is 1. The molecule has 0 fully saturated rings. The van der Waals surface area contributed by atoms with Gasteiger partial charge in [-0.1, -0.05) is 22.9 Å². The van der Waals surface area contributed by atoms with Crippen LogP contribution in [0.2, 0.25) is 0 Å². The summed E-state index contributed by atoms with van der Waals surface area (Å²) in [6.07, 6.45) is 1.14. The second-order valence-corrected chi connectivity index (χ2v) is 3.87. The van der Waals surface area contributed by atoms with E-state index in [1.54, 1.807) is 6.92 Å². The largest absolute Gasteiger partial charge is 0.411 e. The van der Waals surface area contributed by atoms with Gasteiger partial charge in [-0.15, -0.1) is 0 Å². The van der Waals surface area contributed by atoms with Gasteiger partial charge in [0.2, 0.25) is 0 Å². The lowest BCUT2D eigenvalue weighted by atomic mass is 10.2. The Morgan fingerprint density at radius 3 is 2.53 bits per heavy atom. The van der Waals surface area contributed by atoms with Gasteiger partial charge in [0.05, 0.1) is 17.5 Å². The number of aromatic amines is 1. The second-order valence-electron chi connectivity index (χ2n) is 3.87. The summed E-state index contributed by atoms with van der Waals surface area (Å²) in [6.45, 7) is 3.74. The number of benzene rings is 1. The number of aryl methyl sites for hydroxylation is 2. The van der Waals surface area contributed by atoms with Gasteiger partial charge in [0.25, 0.3) is 5.56 Å². The third-order valence-corrected chi connectivity index (χ3v) is 2.60. The summed E-state index contributed by atoms with van der Waals surface area (Å²) in [6, 6.07) is 7.56. The molecule has 0 aliphatic heterocycles. The molecule has 0 saturated heterocycles. The third-order valence-electron chi connectivity index (χ3n) is 2.60. The normalized spacial score (nSPS) is 11.2. The van der Waals surface area contributed by atoms with Crippen LogP contribution in [0.5, 0.6) is 0 Å². The summed E-state index contributed by atoms with van der Waals surface area (Å²) < 4.78 is 1.42.